The Labute approximate surface area is 306 Å². The second kappa shape index (κ2) is 12.5. The normalized spacial score (nSPS) is 13.4. The lowest BCUT2D eigenvalue weighted by Crippen LogP contribution is -2.26. The Morgan fingerprint density at radius 2 is 1.40 bits per heavy atom. The van der Waals surface area contributed by atoms with Crippen molar-refractivity contribution >= 4 is 44.7 Å². The molecule has 1 aliphatic rings. The van der Waals surface area contributed by atoms with E-state index in [2.05, 4.69) is 160 Å². The van der Waals surface area contributed by atoms with Crippen LogP contribution in [0.15, 0.2) is 116 Å². The summed E-state index contributed by atoms with van der Waals surface area (Å²) in [6.45, 7) is 18.5. The number of anilines is 4. The summed E-state index contributed by atoms with van der Waals surface area (Å²) in [4.78, 5) is 19.0. The van der Waals surface area contributed by atoms with Crippen molar-refractivity contribution in [3.05, 3.63) is 132 Å². The lowest BCUT2D eigenvalue weighted by molar-refractivity contribution is 0.483. The number of pyridine rings is 3. The third kappa shape index (κ3) is 5.94. The van der Waals surface area contributed by atoms with Crippen molar-refractivity contribution < 1.29 is 4.74 Å². The smallest absolute Gasteiger partial charge is 0.138 e. The van der Waals surface area contributed by atoms with Crippen LogP contribution in [0.1, 0.15) is 78.0 Å². The molecular formula is C45H46N6O. The van der Waals surface area contributed by atoms with E-state index in [1.54, 1.807) is 0 Å². The molecule has 0 aliphatic carbocycles. The fourth-order valence-electron chi connectivity index (χ4n) is 7.16. The van der Waals surface area contributed by atoms with Crippen molar-refractivity contribution in [2.75, 3.05) is 16.5 Å². The maximum Gasteiger partial charge on any atom is 0.138 e. The van der Waals surface area contributed by atoms with Crippen LogP contribution in [0.2, 0.25) is 0 Å². The highest BCUT2D eigenvalue weighted by Gasteiger charge is 2.32. The Kier molecular flexibility index (Phi) is 8.05. The number of hydrogen-bond acceptors (Lipinski definition) is 6. The molecule has 4 aromatic heterocycles. The average Bonchev–Trinajstić information content (AvgIpc) is 3.67. The molecule has 0 unspecified atom stereocenters. The summed E-state index contributed by atoms with van der Waals surface area (Å²) < 4.78 is 8.90. The van der Waals surface area contributed by atoms with E-state index in [4.69, 9.17) is 14.7 Å². The topological polar surface area (TPSA) is 59.3 Å². The van der Waals surface area contributed by atoms with Gasteiger partial charge in [0.05, 0.1) is 28.6 Å². The third-order valence-corrected chi connectivity index (χ3v) is 10.1. The minimum atomic E-state index is 0.00322. The van der Waals surface area contributed by atoms with E-state index in [9.17, 15) is 0 Å². The maximum atomic E-state index is 6.65. The lowest BCUT2D eigenvalue weighted by atomic mass is 9.86. The summed E-state index contributed by atoms with van der Waals surface area (Å²) in [6, 6.07) is 31.9. The van der Waals surface area contributed by atoms with Crippen LogP contribution in [0.25, 0.3) is 27.6 Å². The van der Waals surface area contributed by atoms with Crippen molar-refractivity contribution in [3.63, 3.8) is 0 Å². The fraction of sp³-hybridized carbons (Fsp3) is 0.267. The van der Waals surface area contributed by atoms with E-state index in [1.807, 2.05) is 30.9 Å². The Balaban J connectivity index is 1.15. The zero-order valence-corrected chi connectivity index (χ0v) is 31.3. The van der Waals surface area contributed by atoms with Crippen LogP contribution in [0, 0.1) is 0 Å². The zero-order valence-electron chi connectivity index (χ0n) is 31.3. The molecule has 3 aromatic carbocycles. The van der Waals surface area contributed by atoms with Crippen LogP contribution in [0.3, 0.4) is 0 Å². The highest BCUT2D eigenvalue weighted by atomic mass is 16.5. The summed E-state index contributed by atoms with van der Waals surface area (Å²) >= 11 is 0. The van der Waals surface area contributed by atoms with Gasteiger partial charge >= 0.3 is 0 Å². The molecule has 7 aromatic rings. The molecule has 0 spiro atoms. The second-order valence-corrected chi connectivity index (χ2v) is 16.2. The maximum absolute atomic E-state index is 6.65. The largest absolute Gasteiger partial charge is 0.457 e. The number of rotatable bonds is 6. The Morgan fingerprint density at radius 1 is 0.635 bits per heavy atom. The van der Waals surface area contributed by atoms with Gasteiger partial charge < -0.3 is 14.5 Å². The first-order valence-electron chi connectivity index (χ1n) is 18.1. The molecule has 0 bridgehead atoms. The van der Waals surface area contributed by atoms with Crippen molar-refractivity contribution in [2.45, 2.75) is 72.1 Å². The van der Waals surface area contributed by atoms with E-state index >= 15 is 0 Å². The van der Waals surface area contributed by atoms with Gasteiger partial charge in [-0.2, -0.15) is 0 Å². The van der Waals surface area contributed by atoms with Crippen LogP contribution >= 0.6 is 0 Å². The van der Waals surface area contributed by atoms with Gasteiger partial charge in [0.25, 0.3) is 0 Å². The average molecular weight is 687 g/mol. The molecule has 0 amide bonds. The standard InChI is InChI=1S/C45H46N6O/c1-29(2)37-22-31(45(6,7)8)26-48-43(37)50-28-49(39-19-20-46-27-41(39)50)32-12-11-13-33(24-32)52-34-16-17-36-35-14-9-10-15-38(35)51(40(36)25-34)42-23-30(18-21-47-42)44(3,4)5/h9-27,29H,28H2,1-8H3. The molecule has 0 saturated carbocycles. The predicted octanol–water partition coefficient (Wildman–Crippen LogP) is 11.7. The van der Waals surface area contributed by atoms with E-state index in [0.717, 1.165) is 56.6 Å². The van der Waals surface area contributed by atoms with Gasteiger partial charge in [0, 0.05) is 47.2 Å². The molecule has 52 heavy (non-hydrogen) atoms. The van der Waals surface area contributed by atoms with E-state index in [0.29, 0.717) is 12.6 Å². The first-order chi connectivity index (χ1) is 24.9. The molecule has 1 aliphatic heterocycles. The first-order valence-corrected chi connectivity index (χ1v) is 18.1. The molecule has 0 atom stereocenters. The Hall–Kier alpha value is -5.69. The van der Waals surface area contributed by atoms with Crippen LogP contribution < -0.4 is 14.5 Å². The van der Waals surface area contributed by atoms with Crippen LogP contribution in [-0.4, -0.2) is 26.2 Å². The SMILES string of the molecule is CC(C)c1cc(C(C)(C)C)cnc1N1CN(c2cccc(Oc3ccc4c5ccccc5n(-c5cc(C(C)(C)C)ccn5)c4c3)c2)c2ccncc21. The van der Waals surface area contributed by atoms with Crippen LogP contribution in [0.4, 0.5) is 22.9 Å². The molecule has 0 saturated heterocycles. The van der Waals surface area contributed by atoms with Gasteiger partial charge in [-0.05, 0) is 88.0 Å². The van der Waals surface area contributed by atoms with Gasteiger partial charge in [0.15, 0.2) is 0 Å². The molecule has 262 valence electrons. The van der Waals surface area contributed by atoms with E-state index in [1.165, 1.54) is 22.1 Å². The summed E-state index contributed by atoms with van der Waals surface area (Å²) in [7, 11) is 0. The summed E-state index contributed by atoms with van der Waals surface area (Å²) in [6.07, 6.45) is 7.74. The molecule has 7 nitrogen and oxygen atoms in total. The Morgan fingerprint density at radius 3 is 2.19 bits per heavy atom. The number of para-hydroxylation sites is 1. The molecule has 8 rings (SSSR count). The fourth-order valence-corrected chi connectivity index (χ4v) is 7.16. The van der Waals surface area contributed by atoms with Crippen molar-refractivity contribution in [2.24, 2.45) is 0 Å². The highest BCUT2D eigenvalue weighted by Crippen LogP contribution is 2.46. The quantitative estimate of drug-likeness (QED) is 0.174. The van der Waals surface area contributed by atoms with Crippen molar-refractivity contribution in [3.8, 4) is 17.3 Å². The third-order valence-electron chi connectivity index (χ3n) is 10.1. The molecular weight excluding hydrogens is 641 g/mol. The Bertz CT molecular complexity index is 2450. The van der Waals surface area contributed by atoms with Crippen molar-refractivity contribution in [1.29, 1.82) is 0 Å². The van der Waals surface area contributed by atoms with Crippen LogP contribution in [-0.2, 0) is 10.8 Å². The molecule has 7 heteroatoms. The number of hydrogen-bond donors (Lipinski definition) is 0. The molecule has 0 radical (unpaired) electrons. The minimum absolute atomic E-state index is 0.00322. The lowest BCUT2D eigenvalue weighted by Gasteiger charge is -2.27. The number of benzene rings is 3. The second-order valence-electron chi connectivity index (χ2n) is 16.2. The molecule has 0 N–H and O–H groups in total. The van der Waals surface area contributed by atoms with Gasteiger partial charge in [-0.25, -0.2) is 9.97 Å². The summed E-state index contributed by atoms with van der Waals surface area (Å²) in [5.41, 5.74) is 9.04. The van der Waals surface area contributed by atoms with Gasteiger partial charge in [-0.3, -0.25) is 9.55 Å². The highest BCUT2D eigenvalue weighted by molar-refractivity contribution is 6.09. The summed E-state index contributed by atoms with van der Waals surface area (Å²) in [5.74, 6) is 3.70. The van der Waals surface area contributed by atoms with Gasteiger partial charge in [-0.15, -0.1) is 0 Å². The zero-order chi connectivity index (χ0) is 36.4. The van der Waals surface area contributed by atoms with Gasteiger partial charge in [0.2, 0.25) is 0 Å². The van der Waals surface area contributed by atoms with Gasteiger partial charge in [0.1, 0.15) is 29.8 Å². The van der Waals surface area contributed by atoms with E-state index < -0.39 is 0 Å². The van der Waals surface area contributed by atoms with E-state index in [-0.39, 0.29) is 10.8 Å². The summed E-state index contributed by atoms with van der Waals surface area (Å²) in [5, 5.41) is 2.34. The number of aromatic nitrogens is 4. The van der Waals surface area contributed by atoms with Crippen molar-refractivity contribution in [1.82, 2.24) is 19.5 Å². The number of fused-ring (bicyclic) bond motifs is 4. The predicted molar refractivity (Wildman–Crippen MR) is 214 cm³/mol. The number of nitrogens with zero attached hydrogens (tertiary/aromatic N) is 6. The van der Waals surface area contributed by atoms with Gasteiger partial charge in [-0.1, -0.05) is 79.7 Å². The minimum Gasteiger partial charge on any atom is -0.457 e. The molecule has 0 fully saturated rings. The first kappa shape index (κ1) is 33.5. The van der Waals surface area contributed by atoms with Crippen LogP contribution in [0.5, 0.6) is 11.5 Å². The number of ether oxygens (including phenoxy) is 1. The monoisotopic (exact) mass is 686 g/mol. The molecule has 5 heterocycles.